The van der Waals surface area contributed by atoms with E-state index < -0.39 is 0 Å². The lowest BCUT2D eigenvalue weighted by Crippen LogP contribution is -1.93. The van der Waals surface area contributed by atoms with E-state index in [-0.39, 0.29) is 0 Å². The molecule has 0 aliphatic carbocycles. The van der Waals surface area contributed by atoms with Gasteiger partial charge in [-0.2, -0.15) is 0 Å². The van der Waals surface area contributed by atoms with Crippen molar-refractivity contribution in [2.24, 2.45) is 0 Å². The molecule has 0 saturated heterocycles. The van der Waals surface area contributed by atoms with Crippen LogP contribution in [0, 0.1) is 3.70 Å². The Labute approximate surface area is 89.9 Å². The molecule has 0 unspecified atom stereocenters. The summed E-state index contributed by atoms with van der Waals surface area (Å²) in [7, 11) is 0. The van der Waals surface area contributed by atoms with Crippen molar-refractivity contribution in [1.82, 2.24) is 9.38 Å². The smallest absolute Gasteiger partial charge is 0.141 e. The minimum absolute atomic E-state index is 0.688. The van der Waals surface area contributed by atoms with Crippen LogP contribution in [0.3, 0.4) is 0 Å². The largest absolute Gasteiger partial charge is 0.494 e. The standard InChI is InChI=1S/C9H9IN2O/c1-2-13-7-3-4-12-8(10)6-11-9(12)5-7/h3-6H,2H2,1H3. The van der Waals surface area contributed by atoms with Crippen LogP contribution >= 0.6 is 22.6 Å². The number of hydrogen-bond acceptors (Lipinski definition) is 2. The zero-order valence-corrected chi connectivity index (χ0v) is 9.35. The Morgan fingerprint density at radius 3 is 3.23 bits per heavy atom. The van der Waals surface area contributed by atoms with Gasteiger partial charge in [-0.15, -0.1) is 0 Å². The number of pyridine rings is 1. The molecule has 3 nitrogen and oxygen atoms in total. The van der Waals surface area contributed by atoms with Crippen molar-refractivity contribution in [3.8, 4) is 5.75 Å². The Hall–Kier alpha value is -0.780. The summed E-state index contributed by atoms with van der Waals surface area (Å²) >= 11 is 2.25. The fourth-order valence-corrected chi connectivity index (χ4v) is 1.73. The van der Waals surface area contributed by atoms with Crippen LogP contribution in [0.4, 0.5) is 0 Å². The van der Waals surface area contributed by atoms with Crippen molar-refractivity contribution in [3.63, 3.8) is 0 Å². The van der Waals surface area contributed by atoms with Crippen LogP contribution in [0.2, 0.25) is 0 Å². The molecule has 0 aromatic carbocycles. The van der Waals surface area contributed by atoms with Gasteiger partial charge >= 0.3 is 0 Å². The summed E-state index contributed by atoms with van der Waals surface area (Å²) < 4.78 is 8.49. The number of rotatable bonds is 2. The normalized spacial score (nSPS) is 10.6. The molecule has 13 heavy (non-hydrogen) atoms. The van der Waals surface area contributed by atoms with Gasteiger partial charge in [0.15, 0.2) is 0 Å². The van der Waals surface area contributed by atoms with Crippen molar-refractivity contribution in [3.05, 3.63) is 28.2 Å². The monoisotopic (exact) mass is 288 g/mol. The molecule has 0 radical (unpaired) electrons. The first-order chi connectivity index (χ1) is 6.31. The highest BCUT2D eigenvalue weighted by Gasteiger charge is 2.00. The zero-order chi connectivity index (χ0) is 9.26. The van der Waals surface area contributed by atoms with Crippen molar-refractivity contribution in [1.29, 1.82) is 0 Å². The third kappa shape index (κ3) is 1.63. The lowest BCUT2D eigenvalue weighted by molar-refractivity contribution is 0.340. The Morgan fingerprint density at radius 1 is 1.62 bits per heavy atom. The Kier molecular flexibility index (Phi) is 2.39. The second kappa shape index (κ2) is 3.53. The van der Waals surface area contributed by atoms with Crippen molar-refractivity contribution >= 4 is 28.2 Å². The van der Waals surface area contributed by atoms with Gasteiger partial charge in [0.05, 0.1) is 12.8 Å². The van der Waals surface area contributed by atoms with Crippen molar-refractivity contribution in [2.75, 3.05) is 6.61 Å². The minimum Gasteiger partial charge on any atom is -0.494 e. The van der Waals surface area contributed by atoms with E-state index in [4.69, 9.17) is 4.74 Å². The van der Waals surface area contributed by atoms with Gasteiger partial charge in [-0.1, -0.05) is 0 Å². The van der Waals surface area contributed by atoms with E-state index in [1.807, 2.05) is 35.9 Å². The molecule has 2 heterocycles. The molecule has 2 rings (SSSR count). The molecule has 0 atom stereocenters. The number of imidazole rings is 1. The number of halogens is 1. The van der Waals surface area contributed by atoms with Crippen molar-refractivity contribution in [2.45, 2.75) is 6.92 Å². The Balaban J connectivity index is 2.50. The number of hydrogen-bond donors (Lipinski definition) is 0. The van der Waals surface area contributed by atoms with Gasteiger partial charge in [0.1, 0.15) is 15.1 Å². The summed E-state index contributed by atoms with van der Waals surface area (Å²) in [5, 5.41) is 0. The predicted octanol–water partition coefficient (Wildman–Crippen LogP) is 2.34. The molecule has 68 valence electrons. The number of fused-ring (bicyclic) bond motifs is 1. The lowest BCUT2D eigenvalue weighted by atomic mass is 10.4. The van der Waals surface area contributed by atoms with Gasteiger partial charge in [-0.05, 0) is 35.6 Å². The van der Waals surface area contributed by atoms with E-state index in [1.54, 1.807) is 0 Å². The zero-order valence-electron chi connectivity index (χ0n) is 7.20. The van der Waals surface area contributed by atoms with Crippen LogP contribution in [0.25, 0.3) is 5.65 Å². The third-order valence-corrected chi connectivity index (χ3v) is 2.55. The molecular weight excluding hydrogens is 279 g/mol. The van der Waals surface area contributed by atoms with Gasteiger partial charge < -0.3 is 4.74 Å². The van der Waals surface area contributed by atoms with E-state index in [9.17, 15) is 0 Å². The van der Waals surface area contributed by atoms with Crippen LogP contribution in [-0.4, -0.2) is 16.0 Å². The molecule has 4 heteroatoms. The van der Waals surface area contributed by atoms with Gasteiger partial charge in [-0.3, -0.25) is 4.40 Å². The fourth-order valence-electron chi connectivity index (χ4n) is 1.19. The van der Waals surface area contributed by atoms with Crippen LogP contribution in [0.1, 0.15) is 6.92 Å². The van der Waals surface area contributed by atoms with Crippen LogP contribution in [0.5, 0.6) is 5.75 Å². The molecule has 0 amide bonds. The molecule has 0 aliphatic rings. The molecule has 0 bridgehead atoms. The third-order valence-electron chi connectivity index (χ3n) is 1.75. The highest BCUT2D eigenvalue weighted by atomic mass is 127. The first-order valence-electron chi connectivity index (χ1n) is 4.06. The second-order valence-electron chi connectivity index (χ2n) is 2.60. The second-order valence-corrected chi connectivity index (χ2v) is 3.71. The maximum atomic E-state index is 5.37. The van der Waals surface area contributed by atoms with Gasteiger partial charge in [0.25, 0.3) is 0 Å². The van der Waals surface area contributed by atoms with E-state index in [0.29, 0.717) is 6.61 Å². The number of nitrogens with zero attached hydrogens (tertiary/aromatic N) is 2. The lowest BCUT2D eigenvalue weighted by Gasteiger charge is -2.02. The topological polar surface area (TPSA) is 26.5 Å². The van der Waals surface area contributed by atoms with E-state index >= 15 is 0 Å². The minimum atomic E-state index is 0.688. The SMILES string of the molecule is CCOc1ccn2c(I)cnc2c1. The van der Waals surface area contributed by atoms with Gasteiger partial charge in [0, 0.05) is 12.3 Å². The summed E-state index contributed by atoms with van der Waals surface area (Å²) in [5.41, 5.74) is 0.926. The molecule has 0 spiro atoms. The van der Waals surface area contributed by atoms with Gasteiger partial charge in [-0.25, -0.2) is 4.98 Å². The van der Waals surface area contributed by atoms with Crippen LogP contribution < -0.4 is 4.74 Å². The molecule has 0 saturated carbocycles. The summed E-state index contributed by atoms with van der Waals surface area (Å²) in [6, 6.07) is 3.88. The van der Waals surface area contributed by atoms with Crippen LogP contribution in [-0.2, 0) is 0 Å². The quantitative estimate of drug-likeness (QED) is 0.793. The Morgan fingerprint density at radius 2 is 2.46 bits per heavy atom. The average molecular weight is 288 g/mol. The molecule has 2 aromatic heterocycles. The first-order valence-corrected chi connectivity index (χ1v) is 5.14. The molecular formula is C9H9IN2O. The number of ether oxygens (including phenoxy) is 1. The highest BCUT2D eigenvalue weighted by molar-refractivity contribution is 14.1. The molecule has 0 aliphatic heterocycles. The van der Waals surface area contributed by atoms with Crippen LogP contribution in [0.15, 0.2) is 24.5 Å². The molecule has 0 N–H and O–H groups in total. The fraction of sp³-hybridized carbons (Fsp3) is 0.222. The maximum Gasteiger partial charge on any atom is 0.141 e. The van der Waals surface area contributed by atoms with E-state index in [2.05, 4.69) is 27.6 Å². The Bertz CT molecular complexity index is 424. The van der Waals surface area contributed by atoms with E-state index in [1.165, 1.54) is 0 Å². The summed E-state index contributed by atoms with van der Waals surface area (Å²) in [5.74, 6) is 0.872. The predicted molar refractivity (Wildman–Crippen MR) is 59.1 cm³/mol. The summed E-state index contributed by atoms with van der Waals surface area (Å²) in [4.78, 5) is 4.24. The van der Waals surface area contributed by atoms with Gasteiger partial charge in [0.2, 0.25) is 0 Å². The van der Waals surface area contributed by atoms with Crippen molar-refractivity contribution < 1.29 is 4.74 Å². The summed E-state index contributed by atoms with van der Waals surface area (Å²) in [6.45, 7) is 2.66. The highest BCUT2D eigenvalue weighted by Crippen LogP contribution is 2.15. The average Bonchev–Trinajstić information content (AvgIpc) is 2.48. The number of aromatic nitrogens is 2. The maximum absolute atomic E-state index is 5.37. The molecule has 2 aromatic rings. The molecule has 0 fully saturated rings. The van der Waals surface area contributed by atoms with E-state index in [0.717, 1.165) is 15.1 Å². The first kappa shape index (κ1) is 8.80. The summed E-state index contributed by atoms with van der Waals surface area (Å²) in [6.07, 6.45) is 3.81.